The topological polar surface area (TPSA) is 62.2 Å². The Bertz CT molecular complexity index is 444. The monoisotopic (exact) mass is 272 g/mol. The first kappa shape index (κ1) is 14.1. The van der Waals surface area contributed by atoms with Crippen molar-refractivity contribution in [3.05, 3.63) is 28.8 Å². The molecule has 0 unspecified atom stereocenters. The third kappa shape index (κ3) is 4.43. The van der Waals surface area contributed by atoms with Crippen LogP contribution in [0.4, 0.5) is 0 Å². The van der Waals surface area contributed by atoms with Gasteiger partial charge in [0, 0.05) is 18.7 Å². The number of hydrogen-bond donors (Lipinski definition) is 2. The Morgan fingerprint density at radius 3 is 2.65 bits per heavy atom. The molecule has 0 aromatic heterocycles. The zero-order valence-electron chi connectivity index (χ0n) is 9.87. The predicted octanol–water partition coefficient (Wildman–Crippen LogP) is 3.13. The first-order chi connectivity index (χ1) is 7.83. The number of halogens is 1. The first-order valence-corrected chi connectivity index (χ1v) is 6.26. The molecule has 1 aromatic carbocycles. The first-order valence-electron chi connectivity index (χ1n) is 4.99. The summed E-state index contributed by atoms with van der Waals surface area (Å²) in [6.45, 7) is 5.48. The van der Waals surface area contributed by atoms with Crippen molar-refractivity contribution < 1.29 is 9.63 Å². The molecule has 0 heterocycles. The predicted molar refractivity (Wildman–Crippen MR) is 69.0 cm³/mol. The third-order valence-electron chi connectivity index (χ3n) is 1.77. The number of carbonyl (C=O) groups is 1. The molecule has 0 aliphatic heterocycles. The Hall–Kier alpha value is -0.960. The molecule has 1 amide bonds. The maximum absolute atomic E-state index is 11.8. The molecule has 4 nitrogen and oxygen atoms in total. The molecule has 17 heavy (non-hydrogen) atoms. The van der Waals surface area contributed by atoms with Crippen LogP contribution in [0.15, 0.2) is 18.2 Å². The number of nitrogens with one attached hydrogen (secondary N) is 2. The maximum atomic E-state index is 11.8. The van der Waals surface area contributed by atoms with E-state index in [1.54, 1.807) is 12.1 Å². The highest BCUT2D eigenvalue weighted by molar-refractivity contribution is 7.35. The fraction of sp³-hybridized carbons (Fsp3) is 0.364. The highest BCUT2D eigenvalue weighted by Gasteiger charge is 2.16. The zero-order chi connectivity index (χ0) is 13.1. The van der Waals surface area contributed by atoms with Crippen LogP contribution >= 0.6 is 20.0 Å². The van der Waals surface area contributed by atoms with Gasteiger partial charge in [0.1, 0.15) is 0 Å². The van der Waals surface area contributed by atoms with Gasteiger partial charge in [0.2, 0.25) is 0 Å². The Labute approximate surface area is 107 Å². The fourth-order valence-corrected chi connectivity index (χ4v) is 1.65. The summed E-state index contributed by atoms with van der Waals surface area (Å²) >= 11 is 5.82. The minimum atomic E-state index is -0.465. The lowest BCUT2D eigenvalue weighted by molar-refractivity contribution is -0.0589. The molecule has 6 heteroatoms. The smallest absolute Gasteiger partial charge is 0.275 e. The number of rotatable bonds is 3. The van der Waals surface area contributed by atoms with E-state index in [2.05, 4.69) is 5.48 Å². The Morgan fingerprint density at radius 2 is 2.12 bits per heavy atom. The molecule has 0 atom stereocenters. The van der Waals surface area contributed by atoms with Crippen molar-refractivity contribution in [1.82, 2.24) is 5.48 Å². The van der Waals surface area contributed by atoms with Crippen LogP contribution in [-0.2, 0) is 4.84 Å². The van der Waals surface area contributed by atoms with Crippen LogP contribution < -0.4 is 10.8 Å². The second kappa shape index (κ2) is 5.58. The lowest BCUT2D eigenvalue weighted by Gasteiger charge is -2.19. The number of benzene rings is 1. The van der Waals surface area contributed by atoms with E-state index in [1.165, 1.54) is 6.07 Å². The fourth-order valence-electron chi connectivity index (χ4n) is 1.04. The average Bonchev–Trinajstić information content (AvgIpc) is 2.25. The summed E-state index contributed by atoms with van der Waals surface area (Å²) in [4.78, 5) is 17.0. The minimum absolute atomic E-state index is 0.262. The van der Waals surface area contributed by atoms with Crippen LogP contribution in [0.1, 0.15) is 31.1 Å². The van der Waals surface area contributed by atoms with Crippen LogP contribution in [0.5, 0.6) is 0 Å². The minimum Gasteiger partial charge on any atom is -0.279 e. The van der Waals surface area contributed by atoms with Gasteiger partial charge in [-0.05, 0) is 39.0 Å². The van der Waals surface area contributed by atoms with E-state index in [4.69, 9.17) is 21.6 Å². The number of hydroxylamine groups is 1. The van der Waals surface area contributed by atoms with E-state index < -0.39 is 11.5 Å². The lowest BCUT2D eigenvalue weighted by Crippen LogP contribution is -2.35. The lowest BCUT2D eigenvalue weighted by atomic mass is 10.2. The van der Waals surface area contributed by atoms with Gasteiger partial charge in [0.15, 0.2) is 0 Å². The van der Waals surface area contributed by atoms with E-state index in [0.717, 1.165) is 0 Å². The second-order valence-corrected chi connectivity index (χ2v) is 5.56. The van der Waals surface area contributed by atoms with Crippen LogP contribution in [0.3, 0.4) is 0 Å². The molecular formula is C11H14ClN2O2P. The summed E-state index contributed by atoms with van der Waals surface area (Å²) in [6.07, 6.45) is 0. The molecular weight excluding hydrogens is 259 g/mol. The van der Waals surface area contributed by atoms with Gasteiger partial charge in [0.25, 0.3) is 5.91 Å². The molecule has 2 N–H and O–H groups in total. The van der Waals surface area contributed by atoms with Crippen LogP contribution in [0, 0.1) is 5.16 Å². The Morgan fingerprint density at radius 1 is 1.47 bits per heavy atom. The SMILES string of the molecule is CC(C)(C)ONC(=O)c1cc(Cl)ccc1P=N. The molecule has 0 saturated carbocycles. The summed E-state index contributed by atoms with van der Waals surface area (Å²) in [5.74, 6) is -0.392. The summed E-state index contributed by atoms with van der Waals surface area (Å²) in [5.41, 5.74) is 2.25. The standard InChI is InChI=1S/C11H14ClN2O2P/c1-11(2,3)16-14-10(15)8-6-7(12)4-5-9(8)17-13/h4-6,13H,1-3H3,(H,14,15). The van der Waals surface area contributed by atoms with Crippen molar-refractivity contribution in [2.75, 3.05) is 0 Å². The second-order valence-electron chi connectivity index (χ2n) is 4.42. The Kier molecular flexibility index (Phi) is 4.63. The maximum Gasteiger partial charge on any atom is 0.275 e. The van der Waals surface area contributed by atoms with E-state index in [0.29, 0.717) is 15.9 Å². The van der Waals surface area contributed by atoms with E-state index >= 15 is 0 Å². The molecule has 0 radical (unpaired) electrons. The van der Waals surface area contributed by atoms with Crippen molar-refractivity contribution in [1.29, 1.82) is 5.16 Å². The molecule has 92 valence electrons. The molecule has 0 bridgehead atoms. The van der Waals surface area contributed by atoms with Crippen LogP contribution in [-0.4, -0.2) is 11.5 Å². The van der Waals surface area contributed by atoms with Gasteiger partial charge in [0.05, 0.1) is 11.2 Å². The summed E-state index contributed by atoms with van der Waals surface area (Å²) < 4.78 is 0. The summed E-state index contributed by atoms with van der Waals surface area (Å²) in [5, 5.41) is 8.36. The molecule has 0 saturated heterocycles. The Balaban J connectivity index is 2.88. The highest BCUT2D eigenvalue weighted by atomic mass is 35.5. The molecule has 0 aliphatic carbocycles. The zero-order valence-corrected chi connectivity index (χ0v) is 11.5. The van der Waals surface area contributed by atoms with Crippen LogP contribution in [0.25, 0.3) is 0 Å². The highest BCUT2D eigenvalue weighted by Crippen LogP contribution is 2.13. The molecule has 0 aliphatic rings. The number of hydrogen-bond acceptors (Lipinski definition) is 3. The van der Waals surface area contributed by atoms with Gasteiger partial charge >= 0.3 is 0 Å². The number of amides is 1. The van der Waals surface area contributed by atoms with E-state index in [9.17, 15) is 4.79 Å². The van der Waals surface area contributed by atoms with Gasteiger partial charge in [-0.15, -0.1) is 0 Å². The largest absolute Gasteiger partial charge is 0.279 e. The van der Waals surface area contributed by atoms with Gasteiger partial charge < -0.3 is 0 Å². The van der Waals surface area contributed by atoms with Gasteiger partial charge in [-0.3, -0.25) is 14.8 Å². The molecule has 1 aromatic rings. The normalized spacial score (nSPS) is 11.5. The van der Waals surface area contributed by atoms with Crippen molar-refractivity contribution >= 4 is 31.2 Å². The van der Waals surface area contributed by atoms with Gasteiger partial charge in [-0.2, -0.15) is 0 Å². The van der Waals surface area contributed by atoms with Crippen molar-refractivity contribution in [3.63, 3.8) is 0 Å². The molecule has 0 spiro atoms. The molecule has 1 rings (SSSR count). The quantitative estimate of drug-likeness (QED) is 0.656. The number of carbonyl (C=O) groups excluding carboxylic acids is 1. The van der Waals surface area contributed by atoms with E-state index in [1.807, 2.05) is 20.8 Å². The third-order valence-corrected chi connectivity index (χ3v) is 2.64. The van der Waals surface area contributed by atoms with Crippen molar-refractivity contribution in [3.8, 4) is 0 Å². The summed E-state index contributed by atoms with van der Waals surface area (Å²) in [7, 11) is 0.262. The summed E-state index contributed by atoms with van der Waals surface area (Å²) in [6, 6.07) is 4.84. The van der Waals surface area contributed by atoms with Crippen LogP contribution in [0.2, 0.25) is 5.02 Å². The van der Waals surface area contributed by atoms with Gasteiger partial charge in [-0.1, -0.05) is 11.6 Å². The van der Waals surface area contributed by atoms with E-state index in [-0.39, 0.29) is 8.37 Å². The average molecular weight is 273 g/mol. The van der Waals surface area contributed by atoms with Gasteiger partial charge in [-0.25, -0.2) is 5.48 Å². The van der Waals surface area contributed by atoms with Crippen molar-refractivity contribution in [2.45, 2.75) is 26.4 Å². The van der Waals surface area contributed by atoms with Crippen molar-refractivity contribution in [2.24, 2.45) is 0 Å². The molecule has 0 fully saturated rings.